The summed E-state index contributed by atoms with van der Waals surface area (Å²) in [7, 11) is 0. The Morgan fingerprint density at radius 3 is 2.38 bits per heavy atom. The molecule has 0 aliphatic heterocycles. The van der Waals surface area contributed by atoms with Gasteiger partial charge in [0.1, 0.15) is 16.9 Å². The Balaban J connectivity index is 3.27. The van der Waals surface area contributed by atoms with Crippen molar-refractivity contribution in [1.82, 2.24) is 0 Å². The van der Waals surface area contributed by atoms with Crippen LogP contribution in [0.2, 0.25) is 0 Å². The van der Waals surface area contributed by atoms with E-state index in [1.807, 2.05) is 26.8 Å². The summed E-state index contributed by atoms with van der Waals surface area (Å²) >= 11 is 0. The number of ketones is 2. The molecule has 1 rings (SSSR count). The summed E-state index contributed by atoms with van der Waals surface area (Å²) in [5.74, 6) is -2.64. The van der Waals surface area contributed by atoms with E-state index in [0.717, 1.165) is 11.1 Å². The molecule has 0 bridgehead atoms. The summed E-state index contributed by atoms with van der Waals surface area (Å²) < 4.78 is 0. The average molecular weight is 364 g/mol. The second kappa shape index (κ2) is 9.28. The van der Waals surface area contributed by atoms with Crippen molar-refractivity contribution in [2.24, 2.45) is 11.8 Å². The molecule has 1 unspecified atom stereocenters. The maximum absolute atomic E-state index is 12.9. The van der Waals surface area contributed by atoms with Gasteiger partial charge in [-0.25, -0.2) is 0 Å². The largest absolute Gasteiger partial charge is 0.508 e. The van der Waals surface area contributed by atoms with E-state index >= 15 is 0 Å². The van der Waals surface area contributed by atoms with E-state index in [1.165, 1.54) is 0 Å². The fraction of sp³-hybridized carbons (Fsp3) is 0.619. The van der Waals surface area contributed by atoms with Crippen LogP contribution in [0.25, 0.3) is 0 Å². The van der Waals surface area contributed by atoms with Crippen LogP contribution in [0, 0.1) is 11.8 Å². The lowest BCUT2D eigenvalue weighted by molar-refractivity contribution is -0.127. The highest BCUT2D eigenvalue weighted by molar-refractivity contribution is 6.24. The summed E-state index contributed by atoms with van der Waals surface area (Å²) in [6, 6.07) is 0. The molecule has 3 N–H and O–H groups in total. The molecular weight excluding hydrogens is 332 g/mol. The maximum Gasteiger partial charge on any atom is 0.176 e. The molecule has 0 saturated heterocycles. The van der Waals surface area contributed by atoms with Gasteiger partial charge in [0.25, 0.3) is 0 Å². The van der Waals surface area contributed by atoms with Gasteiger partial charge in [0, 0.05) is 5.92 Å². The van der Waals surface area contributed by atoms with Crippen molar-refractivity contribution in [3.63, 3.8) is 0 Å². The Bertz CT molecular complexity index is 637. The minimum Gasteiger partial charge on any atom is -0.508 e. The van der Waals surface area contributed by atoms with Crippen LogP contribution >= 0.6 is 0 Å². The van der Waals surface area contributed by atoms with Crippen molar-refractivity contribution < 1.29 is 24.9 Å². The fourth-order valence-electron chi connectivity index (χ4n) is 3.11. The lowest BCUT2D eigenvalue weighted by Crippen LogP contribution is -2.38. The molecule has 5 heteroatoms. The normalized spacial score (nSPS) is 24.8. The highest BCUT2D eigenvalue weighted by Gasteiger charge is 2.54. The lowest BCUT2D eigenvalue weighted by atomic mass is 9.82. The summed E-state index contributed by atoms with van der Waals surface area (Å²) in [6.07, 6.45) is 4.92. The third kappa shape index (κ3) is 4.71. The van der Waals surface area contributed by atoms with Crippen LogP contribution < -0.4 is 0 Å². The van der Waals surface area contributed by atoms with Crippen molar-refractivity contribution >= 4 is 11.6 Å². The zero-order chi connectivity index (χ0) is 20.1. The first-order chi connectivity index (χ1) is 12.1. The molecule has 146 valence electrons. The van der Waals surface area contributed by atoms with E-state index in [9.17, 15) is 19.8 Å². The molecule has 0 aromatic rings. The number of carbonyl (C=O) groups excluding carboxylic acids is 2. The molecule has 1 aliphatic carbocycles. The van der Waals surface area contributed by atoms with Gasteiger partial charge >= 0.3 is 0 Å². The van der Waals surface area contributed by atoms with E-state index in [2.05, 4.69) is 0 Å². The Morgan fingerprint density at radius 1 is 1.27 bits per heavy atom. The van der Waals surface area contributed by atoms with Gasteiger partial charge in [0.2, 0.25) is 0 Å². The quantitative estimate of drug-likeness (QED) is 0.430. The van der Waals surface area contributed by atoms with Crippen molar-refractivity contribution in [2.75, 3.05) is 6.61 Å². The van der Waals surface area contributed by atoms with Gasteiger partial charge in [-0.3, -0.25) is 9.59 Å². The number of allylic oxidation sites excluding steroid dienone is 4. The first kappa shape index (κ1) is 22.3. The van der Waals surface area contributed by atoms with Gasteiger partial charge in [-0.2, -0.15) is 0 Å². The number of carbonyl (C=O) groups is 2. The predicted molar refractivity (Wildman–Crippen MR) is 102 cm³/mol. The Morgan fingerprint density at radius 2 is 1.88 bits per heavy atom. The molecule has 0 radical (unpaired) electrons. The zero-order valence-electron chi connectivity index (χ0n) is 16.5. The smallest absolute Gasteiger partial charge is 0.176 e. The fourth-order valence-corrected chi connectivity index (χ4v) is 3.11. The van der Waals surface area contributed by atoms with Gasteiger partial charge in [0.15, 0.2) is 11.6 Å². The van der Waals surface area contributed by atoms with Crippen molar-refractivity contribution in [2.45, 2.75) is 65.9 Å². The third-order valence-electron chi connectivity index (χ3n) is 5.12. The van der Waals surface area contributed by atoms with E-state index in [4.69, 9.17) is 5.11 Å². The molecule has 0 heterocycles. The second-order valence-electron chi connectivity index (χ2n) is 7.50. The summed E-state index contributed by atoms with van der Waals surface area (Å²) in [6.45, 7) is 9.02. The molecule has 0 aromatic heterocycles. The first-order valence-electron chi connectivity index (χ1n) is 9.24. The Kier molecular flexibility index (Phi) is 7.97. The molecule has 0 spiro atoms. The number of aliphatic hydroxyl groups excluding tert-OH is 2. The molecule has 0 fully saturated rings. The van der Waals surface area contributed by atoms with Gasteiger partial charge in [-0.1, -0.05) is 37.1 Å². The third-order valence-corrected chi connectivity index (χ3v) is 5.12. The highest BCUT2D eigenvalue weighted by atomic mass is 16.3. The number of aliphatic hydroxyl groups is 3. The van der Waals surface area contributed by atoms with Crippen LogP contribution in [0.4, 0.5) is 0 Å². The van der Waals surface area contributed by atoms with Crippen LogP contribution in [-0.4, -0.2) is 39.1 Å². The van der Waals surface area contributed by atoms with Crippen LogP contribution in [0.3, 0.4) is 0 Å². The number of Topliss-reactive ketones (excluding diaryl/α,β-unsaturated/α-hetero) is 2. The average Bonchev–Trinajstić information content (AvgIpc) is 2.77. The SMILES string of the molecule is CCC(C)C(=O)C1=C(O)[C@](O)(CC/C=C(\C)CO)[C@@H](CC=C(C)C)C1=O. The molecule has 5 nitrogen and oxygen atoms in total. The molecule has 26 heavy (non-hydrogen) atoms. The van der Waals surface area contributed by atoms with E-state index in [-0.39, 0.29) is 30.9 Å². The predicted octanol–water partition coefficient (Wildman–Crippen LogP) is 3.42. The van der Waals surface area contributed by atoms with Gasteiger partial charge in [0.05, 0.1) is 12.5 Å². The number of hydrogen-bond acceptors (Lipinski definition) is 5. The van der Waals surface area contributed by atoms with Gasteiger partial charge < -0.3 is 15.3 Å². The lowest BCUT2D eigenvalue weighted by Gasteiger charge is -2.28. The first-order valence-corrected chi connectivity index (χ1v) is 9.24. The number of hydrogen-bond donors (Lipinski definition) is 3. The minimum atomic E-state index is -1.76. The molecular formula is C21H32O5. The topological polar surface area (TPSA) is 94.8 Å². The standard InChI is InChI=1S/C21H32O5/c1-6-15(5)18(23)17-19(24)16(10-9-13(2)3)21(26,20(17)25)11-7-8-14(4)12-22/h8-9,15-16,22,25-26H,6-7,10-12H2,1-5H3/b14-8+/t15?,16-,21-/m0/s1. The Labute approximate surface area is 156 Å². The molecule has 3 atom stereocenters. The minimum absolute atomic E-state index is 0.0852. The van der Waals surface area contributed by atoms with Crippen LogP contribution in [0.15, 0.2) is 34.6 Å². The summed E-state index contributed by atoms with van der Waals surface area (Å²) in [4.78, 5) is 25.5. The van der Waals surface area contributed by atoms with E-state index < -0.39 is 28.8 Å². The monoisotopic (exact) mass is 364 g/mol. The second-order valence-corrected chi connectivity index (χ2v) is 7.50. The highest BCUT2D eigenvalue weighted by Crippen LogP contribution is 2.43. The van der Waals surface area contributed by atoms with Crippen molar-refractivity contribution in [3.05, 3.63) is 34.6 Å². The summed E-state index contributed by atoms with van der Waals surface area (Å²) in [5.41, 5.74) is -0.249. The molecule has 1 aliphatic rings. The Hall–Kier alpha value is -1.72. The molecule has 0 aromatic carbocycles. The summed E-state index contributed by atoms with van der Waals surface area (Å²) in [5, 5.41) is 30.9. The van der Waals surface area contributed by atoms with Crippen LogP contribution in [0.5, 0.6) is 0 Å². The maximum atomic E-state index is 12.9. The van der Waals surface area contributed by atoms with Crippen molar-refractivity contribution in [3.8, 4) is 0 Å². The van der Waals surface area contributed by atoms with Crippen LogP contribution in [-0.2, 0) is 9.59 Å². The number of rotatable bonds is 9. The zero-order valence-corrected chi connectivity index (χ0v) is 16.5. The van der Waals surface area contributed by atoms with Gasteiger partial charge in [-0.05, 0) is 46.5 Å². The van der Waals surface area contributed by atoms with Gasteiger partial charge in [-0.15, -0.1) is 0 Å². The van der Waals surface area contributed by atoms with E-state index in [0.29, 0.717) is 12.8 Å². The van der Waals surface area contributed by atoms with E-state index in [1.54, 1.807) is 19.9 Å². The van der Waals surface area contributed by atoms with Crippen LogP contribution in [0.1, 0.15) is 60.3 Å². The molecule has 0 saturated carbocycles. The molecule has 0 amide bonds. The van der Waals surface area contributed by atoms with Crippen molar-refractivity contribution in [1.29, 1.82) is 0 Å².